The number of amides is 1. The maximum atomic E-state index is 12.5. The summed E-state index contributed by atoms with van der Waals surface area (Å²) in [7, 11) is 1.84. The van der Waals surface area contributed by atoms with E-state index in [4.69, 9.17) is 9.47 Å². The predicted octanol–water partition coefficient (Wildman–Crippen LogP) is 1.28. The van der Waals surface area contributed by atoms with Crippen LogP contribution in [0.3, 0.4) is 0 Å². The molecule has 0 bridgehead atoms. The van der Waals surface area contributed by atoms with E-state index in [-0.39, 0.29) is 24.0 Å². The third-order valence-corrected chi connectivity index (χ3v) is 4.26. The Morgan fingerprint density at radius 2 is 2.14 bits per heavy atom. The van der Waals surface area contributed by atoms with Crippen LogP contribution in [0, 0.1) is 5.92 Å². The molecule has 1 N–H and O–H groups in total. The highest BCUT2D eigenvalue weighted by Crippen LogP contribution is 2.31. The zero-order valence-corrected chi connectivity index (χ0v) is 12.5. The molecule has 3 atom stereocenters. The molecule has 1 amide bonds. The van der Waals surface area contributed by atoms with Gasteiger partial charge in [0, 0.05) is 13.1 Å². The van der Waals surface area contributed by atoms with E-state index in [0.717, 1.165) is 24.5 Å². The molecule has 5 nitrogen and oxygen atoms in total. The third-order valence-electron chi connectivity index (χ3n) is 4.26. The number of carbonyl (C=O) groups is 1. The average Bonchev–Trinajstić information content (AvgIpc) is 2.92. The van der Waals surface area contributed by atoms with Crippen LogP contribution in [0.4, 0.5) is 0 Å². The molecule has 1 aromatic rings. The summed E-state index contributed by atoms with van der Waals surface area (Å²) < 4.78 is 11.6. The first-order valence-corrected chi connectivity index (χ1v) is 7.52. The third kappa shape index (κ3) is 2.97. The molecule has 0 aliphatic carbocycles. The van der Waals surface area contributed by atoms with Crippen molar-refractivity contribution >= 4 is 5.91 Å². The van der Waals surface area contributed by atoms with Crippen molar-refractivity contribution in [1.29, 1.82) is 0 Å². The molecule has 2 aliphatic rings. The van der Waals surface area contributed by atoms with E-state index < -0.39 is 0 Å². The Labute approximate surface area is 125 Å². The summed E-state index contributed by atoms with van der Waals surface area (Å²) in [5.41, 5.74) is 0. The number of benzene rings is 1. The van der Waals surface area contributed by atoms with E-state index in [1.165, 1.54) is 0 Å². The molecule has 21 heavy (non-hydrogen) atoms. The summed E-state index contributed by atoms with van der Waals surface area (Å²) in [5.74, 6) is 1.79. The lowest BCUT2D eigenvalue weighted by Crippen LogP contribution is -2.45. The topological polar surface area (TPSA) is 50.8 Å². The fourth-order valence-electron chi connectivity index (χ4n) is 3.03. The van der Waals surface area contributed by atoms with Gasteiger partial charge in [-0.15, -0.1) is 0 Å². The lowest BCUT2D eigenvalue weighted by molar-refractivity contribution is -0.135. The number of hydrogen-bond donors (Lipinski definition) is 1. The minimum Gasteiger partial charge on any atom is -0.486 e. The number of carbonyl (C=O) groups excluding carboxylic acids is 1. The van der Waals surface area contributed by atoms with Gasteiger partial charge in [0.05, 0.1) is 12.5 Å². The van der Waals surface area contributed by atoms with Gasteiger partial charge in [-0.1, -0.05) is 12.1 Å². The van der Waals surface area contributed by atoms with Gasteiger partial charge in [0.25, 0.3) is 0 Å². The number of fused-ring (bicyclic) bond motifs is 1. The van der Waals surface area contributed by atoms with Gasteiger partial charge in [-0.3, -0.25) is 4.79 Å². The van der Waals surface area contributed by atoms with Crippen molar-refractivity contribution in [3.8, 4) is 11.5 Å². The van der Waals surface area contributed by atoms with E-state index in [1.54, 1.807) is 4.90 Å². The Bertz CT molecular complexity index is 520. The molecule has 0 aromatic heterocycles. The SMILES string of the molecule is CC1NCCC1C(=O)N(C)CC1COc2ccccc2O1. The first-order chi connectivity index (χ1) is 10.1. The summed E-state index contributed by atoms with van der Waals surface area (Å²) in [5, 5.41) is 3.32. The standard InChI is InChI=1S/C16H22N2O3/c1-11-13(7-8-17-11)16(19)18(2)9-12-10-20-14-5-3-4-6-15(14)21-12/h3-6,11-13,17H,7-10H2,1-2H3. The van der Waals surface area contributed by atoms with Crippen LogP contribution in [-0.4, -0.2) is 49.7 Å². The molecule has 0 spiro atoms. The van der Waals surface area contributed by atoms with E-state index in [1.807, 2.05) is 31.3 Å². The quantitative estimate of drug-likeness (QED) is 0.911. The van der Waals surface area contributed by atoms with Gasteiger partial charge in [-0.25, -0.2) is 0 Å². The minimum absolute atomic E-state index is 0.0757. The Morgan fingerprint density at radius 3 is 2.86 bits per heavy atom. The second-order valence-corrected chi connectivity index (χ2v) is 5.85. The van der Waals surface area contributed by atoms with Crippen molar-refractivity contribution in [3.63, 3.8) is 0 Å². The fraction of sp³-hybridized carbons (Fsp3) is 0.562. The van der Waals surface area contributed by atoms with Crippen LogP contribution in [-0.2, 0) is 4.79 Å². The number of hydrogen-bond acceptors (Lipinski definition) is 4. The summed E-state index contributed by atoms with van der Waals surface area (Å²) in [6, 6.07) is 7.89. The van der Waals surface area contributed by atoms with Crippen molar-refractivity contribution in [3.05, 3.63) is 24.3 Å². The van der Waals surface area contributed by atoms with Crippen molar-refractivity contribution in [1.82, 2.24) is 10.2 Å². The molecule has 114 valence electrons. The average molecular weight is 290 g/mol. The molecule has 3 unspecified atom stereocenters. The number of para-hydroxylation sites is 2. The molecule has 2 heterocycles. The van der Waals surface area contributed by atoms with Crippen molar-refractivity contribution in [2.45, 2.75) is 25.5 Å². The maximum Gasteiger partial charge on any atom is 0.227 e. The Balaban J connectivity index is 1.58. The highest BCUT2D eigenvalue weighted by Gasteiger charge is 2.33. The number of nitrogens with zero attached hydrogens (tertiary/aromatic N) is 1. The molecule has 1 aromatic carbocycles. The van der Waals surface area contributed by atoms with Crippen LogP contribution in [0.25, 0.3) is 0 Å². The molecular formula is C16H22N2O3. The number of rotatable bonds is 3. The smallest absolute Gasteiger partial charge is 0.227 e. The normalized spacial score (nSPS) is 27.4. The molecule has 3 rings (SSSR count). The Kier molecular flexibility index (Phi) is 4.01. The van der Waals surface area contributed by atoms with Gasteiger partial charge >= 0.3 is 0 Å². The molecule has 2 aliphatic heterocycles. The molecule has 0 radical (unpaired) electrons. The zero-order chi connectivity index (χ0) is 14.8. The highest BCUT2D eigenvalue weighted by molar-refractivity contribution is 5.79. The molecule has 5 heteroatoms. The van der Waals surface area contributed by atoms with Gasteiger partial charge in [-0.05, 0) is 32.0 Å². The second kappa shape index (κ2) is 5.93. The Hall–Kier alpha value is -1.75. The number of ether oxygens (including phenoxy) is 2. The summed E-state index contributed by atoms with van der Waals surface area (Å²) in [4.78, 5) is 14.2. The first-order valence-electron chi connectivity index (χ1n) is 7.52. The monoisotopic (exact) mass is 290 g/mol. The van der Waals surface area contributed by atoms with Crippen molar-refractivity contribution in [2.24, 2.45) is 5.92 Å². The van der Waals surface area contributed by atoms with Crippen LogP contribution < -0.4 is 14.8 Å². The van der Waals surface area contributed by atoms with E-state index in [0.29, 0.717) is 13.2 Å². The van der Waals surface area contributed by atoms with Gasteiger partial charge in [0.2, 0.25) is 5.91 Å². The van der Waals surface area contributed by atoms with Crippen LogP contribution in [0.1, 0.15) is 13.3 Å². The summed E-state index contributed by atoms with van der Waals surface area (Å²) in [6.07, 6.45) is 0.799. The van der Waals surface area contributed by atoms with Gasteiger partial charge in [0.15, 0.2) is 17.6 Å². The summed E-state index contributed by atoms with van der Waals surface area (Å²) in [6.45, 7) is 4.02. The van der Waals surface area contributed by atoms with Gasteiger partial charge < -0.3 is 19.7 Å². The fourth-order valence-corrected chi connectivity index (χ4v) is 3.03. The molecule has 0 saturated carbocycles. The lowest BCUT2D eigenvalue weighted by Gasteiger charge is -2.31. The number of nitrogens with one attached hydrogen (secondary N) is 1. The van der Waals surface area contributed by atoms with Crippen LogP contribution in [0.15, 0.2) is 24.3 Å². The predicted molar refractivity (Wildman–Crippen MR) is 79.6 cm³/mol. The second-order valence-electron chi connectivity index (χ2n) is 5.85. The van der Waals surface area contributed by atoms with Crippen molar-refractivity contribution in [2.75, 3.05) is 26.7 Å². The molecule has 1 fully saturated rings. The van der Waals surface area contributed by atoms with Crippen molar-refractivity contribution < 1.29 is 14.3 Å². The summed E-state index contributed by atoms with van der Waals surface area (Å²) >= 11 is 0. The highest BCUT2D eigenvalue weighted by atomic mass is 16.6. The van der Waals surface area contributed by atoms with E-state index in [2.05, 4.69) is 12.2 Å². The van der Waals surface area contributed by atoms with Gasteiger partial charge in [0.1, 0.15) is 6.61 Å². The van der Waals surface area contributed by atoms with E-state index in [9.17, 15) is 4.79 Å². The molecular weight excluding hydrogens is 268 g/mol. The van der Waals surface area contributed by atoms with E-state index >= 15 is 0 Å². The lowest BCUT2D eigenvalue weighted by atomic mass is 10.0. The maximum absolute atomic E-state index is 12.5. The van der Waals surface area contributed by atoms with Crippen LogP contribution >= 0.6 is 0 Å². The van der Waals surface area contributed by atoms with Gasteiger partial charge in [-0.2, -0.15) is 0 Å². The minimum atomic E-state index is -0.112. The molecule has 1 saturated heterocycles. The first kappa shape index (κ1) is 14.2. The zero-order valence-electron chi connectivity index (χ0n) is 12.5. The Morgan fingerprint density at radius 1 is 1.38 bits per heavy atom. The number of likely N-dealkylation sites (N-methyl/N-ethyl adjacent to an activating group) is 1. The largest absolute Gasteiger partial charge is 0.486 e. The van der Waals surface area contributed by atoms with Crippen LogP contribution in [0.2, 0.25) is 0 Å². The van der Waals surface area contributed by atoms with Crippen LogP contribution in [0.5, 0.6) is 11.5 Å².